The highest BCUT2D eigenvalue weighted by molar-refractivity contribution is 5.77. The minimum atomic E-state index is -0.369. The molecule has 94 valence electrons. The number of nitrogens with one attached hydrogen (secondary N) is 2. The second-order valence-corrected chi connectivity index (χ2v) is 3.90. The molecule has 1 unspecified atom stereocenters. The number of ether oxygens (including phenoxy) is 1. The molecule has 0 rings (SSSR count). The third-order valence-corrected chi connectivity index (χ3v) is 1.89. The molecular weight excluding hydrogens is 208 g/mol. The molecule has 0 radical (unpaired) electrons. The standard InChI is InChI=1S/C11H22N2O3/c1-5-16-11(15)9(4)12-7-6-10(14)13-8(2)3/h8-9,12H,5-7H2,1-4H3,(H,13,14). The van der Waals surface area contributed by atoms with Gasteiger partial charge in [0.05, 0.1) is 6.61 Å². The normalized spacial score (nSPS) is 12.3. The quantitative estimate of drug-likeness (QED) is 0.623. The van der Waals surface area contributed by atoms with Gasteiger partial charge in [0.2, 0.25) is 5.91 Å². The van der Waals surface area contributed by atoms with Gasteiger partial charge in [0.15, 0.2) is 0 Å². The lowest BCUT2D eigenvalue weighted by Gasteiger charge is -2.13. The van der Waals surface area contributed by atoms with Crippen LogP contribution in [0.5, 0.6) is 0 Å². The molecule has 5 heteroatoms. The van der Waals surface area contributed by atoms with E-state index in [-0.39, 0.29) is 24.0 Å². The maximum Gasteiger partial charge on any atom is 0.322 e. The molecule has 0 saturated heterocycles. The van der Waals surface area contributed by atoms with E-state index in [1.807, 2.05) is 13.8 Å². The molecule has 0 spiro atoms. The van der Waals surface area contributed by atoms with Crippen molar-refractivity contribution in [3.8, 4) is 0 Å². The molecule has 0 aromatic rings. The third kappa shape index (κ3) is 7.23. The van der Waals surface area contributed by atoms with Crippen molar-refractivity contribution in [1.29, 1.82) is 0 Å². The predicted molar refractivity (Wildman–Crippen MR) is 62.0 cm³/mol. The summed E-state index contributed by atoms with van der Waals surface area (Å²) in [5.41, 5.74) is 0. The summed E-state index contributed by atoms with van der Waals surface area (Å²) in [6.45, 7) is 8.15. The van der Waals surface area contributed by atoms with E-state index in [2.05, 4.69) is 10.6 Å². The highest BCUT2D eigenvalue weighted by atomic mass is 16.5. The van der Waals surface area contributed by atoms with Gasteiger partial charge in [-0.05, 0) is 27.7 Å². The van der Waals surface area contributed by atoms with Gasteiger partial charge < -0.3 is 15.4 Å². The maximum absolute atomic E-state index is 11.3. The number of carbonyl (C=O) groups excluding carboxylic acids is 2. The average Bonchev–Trinajstić information content (AvgIpc) is 2.16. The van der Waals surface area contributed by atoms with E-state index in [9.17, 15) is 9.59 Å². The highest BCUT2D eigenvalue weighted by Gasteiger charge is 2.13. The lowest BCUT2D eigenvalue weighted by molar-refractivity contribution is -0.145. The van der Waals surface area contributed by atoms with Crippen LogP contribution >= 0.6 is 0 Å². The summed E-state index contributed by atoms with van der Waals surface area (Å²) in [4.78, 5) is 22.5. The SMILES string of the molecule is CCOC(=O)C(C)NCCC(=O)NC(C)C. The number of rotatable bonds is 7. The van der Waals surface area contributed by atoms with Gasteiger partial charge in [-0.15, -0.1) is 0 Å². The highest BCUT2D eigenvalue weighted by Crippen LogP contribution is 1.89. The van der Waals surface area contributed by atoms with Crippen LogP contribution in [0.25, 0.3) is 0 Å². The number of amides is 1. The molecule has 1 amide bonds. The van der Waals surface area contributed by atoms with E-state index in [1.54, 1.807) is 13.8 Å². The van der Waals surface area contributed by atoms with Gasteiger partial charge >= 0.3 is 5.97 Å². The Morgan fingerprint density at radius 3 is 2.38 bits per heavy atom. The van der Waals surface area contributed by atoms with Crippen LogP contribution in [0.15, 0.2) is 0 Å². The van der Waals surface area contributed by atoms with Gasteiger partial charge in [-0.2, -0.15) is 0 Å². The van der Waals surface area contributed by atoms with E-state index < -0.39 is 0 Å². The topological polar surface area (TPSA) is 67.4 Å². The Morgan fingerprint density at radius 1 is 1.25 bits per heavy atom. The van der Waals surface area contributed by atoms with Gasteiger partial charge in [0, 0.05) is 19.0 Å². The summed E-state index contributed by atoms with van der Waals surface area (Å²) in [5.74, 6) is -0.301. The molecule has 0 heterocycles. The molecule has 0 aliphatic heterocycles. The molecule has 0 saturated carbocycles. The molecule has 2 N–H and O–H groups in total. The van der Waals surface area contributed by atoms with E-state index in [0.29, 0.717) is 19.6 Å². The van der Waals surface area contributed by atoms with Crippen LogP contribution < -0.4 is 10.6 Å². The summed E-state index contributed by atoms with van der Waals surface area (Å²) in [5, 5.41) is 5.71. The van der Waals surface area contributed by atoms with Crippen molar-refractivity contribution >= 4 is 11.9 Å². The summed E-state index contributed by atoms with van der Waals surface area (Å²) in [6.07, 6.45) is 0.363. The first kappa shape index (κ1) is 14.9. The van der Waals surface area contributed by atoms with Crippen LogP contribution in [0, 0.1) is 0 Å². The van der Waals surface area contributed by atoms with E-state index in [0.717, 1.165) is 0 Å². The third-order valence-electron chi connectivity index (χ3n) is 1.89. The summed E-state index contributed by atoms with van der Waals surface area (Å²) < 4.78 is 4.82. The van der Waals surface area contributed by atoms with Crippen molar-refractivity contribution in [2.75, 3.05) is 13.2 Å². The Bertz CT molecular complexity index is 229. The second-order valence-electron chi connectivity index (χ2n) is 3.90. The van der Waals surface area contributed by atoms with Crippen LogP contribution in [0.1, 0.15) is 34.1 Å². The first-order chi connectivity index (χ1) is 7.47. The first-order valence-electron chi connectivity index (χ1n) is 5.66. The zero-order valence-electron chi connectivity index (χ0n) is 10.5. The van der Waals surface area contributed by atoms with E-state index >= 15 is 0 Å². The first-order valence-corrected chi connectivity index (χ1v) is 5.66. The van der Waals surface area contributed by atoms with Crippen molar-refractivity contribution < 1.29 is 14.3 Å². The molecule has 16 heavy (non-hydrogen) atoms. The molecular formula is C11H22N2O3. The molecule has 5 nitrogen and oxygen atoms in total. The summed E-state index contributed by atoms with van der Waals surface area (Å²) >= 11 is 0. The minimum absolute atomic E-state index is 0.0152. The molecule has 0 fully saturated rings. The van der Waals surface area contributed by atoms with Gasteiger partial charge in [-0.3, -0.25) is 9.59 Å². The van der Waals surface area contributed by atoms with Crippen molar-refractivity contribution in [2.24, 2.45) is 0 Å². The van der Waals surface area contributed by atoms with Crippen molar-refractivity contribution in [3.05, 3.63) is 0 Å². The van der Waals surface area contributed by atoms with Gasteiger partial charge in [0.25, 0.3) is 0 Å². The van der Waals surface area contributed by atoms with Crippen LogP contribution in [-0.4, -0.2) is 37.1 Å². The molecule has 1 atom stereocenters. The molecule has 0 aromatic heterocycles. The van der Waals surface area contributed by atoms with Crippen molar-refractivity contribution in [1.82, 2.24) is 10.6 Å². The zero-order chi connectivity index (χ0) is 12.6. The molecule has 0 bridgehead atoms. The van der Waals surface area contributed by atoms with E-state index in [4.69, 9.17) is 4.74 Å². The van der Waals surface area contributed by atoms with Crippen LogP contribution in [0.2, 0.25) is 0 Å². The predicted octanol–water partition coefficient (Wildman–Crippen LogP) is 0.442. The van der Waals surface area contributed by atoms with Gasteiger partial charge in [-0.1, -0.05) is 0 Å². The number of hydrogen-bond acceptors (Lipinski definition) is 4. The van der Waals surface area contributed by atoms with Gasteiger partial charge in [0.1, 0.15) is 6.04 Å². The smallest absolute Gasteiger partial charge is 0.322 e. The summed E-state index contributed by atoms with van der Waals surface area (Å²) in [7, 11) is 0. The van der Waals surface area contributed by atoms with Crippen LogP contribution in [0.3, 0.4) is 0 Å². The Labute approximate surface area is 96.9 Å². The minimum Gasteiger partial charge on any atom is -0.465 e. The van der Waals surface area contributed by atoms with Gasteiger partial charge in [-0.25, -0.2) is 0 Å². The fourth-order valence-corrected chi connectivity index (χ4v) is 1.15. The number of hydrogen-bond donors (Lipinski definition) is 2. The van der Waals surface area contributed by atoms with E-state index in [1.165, 1.54) is 0 Å². The zero-order valence-corrected chi connectivity index (χ0v) is 10.5. The molecule has 0 aliphatic rings. The fraction of sp³-hybridized carbons (Fsp3) is 0.818. The average molecular weight is 230 g/mol. The second kappa shape index (κ2) is 8.10. The Hall–Kier alpha value is -1.10. The summed E-state index contributed by atoms with van der Waals surface area (Å²) in [6, 6.07) is -0.221. The molecule has 0 aliphatic carbocycles. The number of esters is 1. The Kier molecular flexibility index (Phi) is 7.54. The number of carbonyl (C=O) groups is 2. The lowest BCUT2D eigenvalue weighted by Crippen LogP contribution is -2.38. The Morgan fingerprint density at radius 2 is 1.88 bits per heavy atom. The van der Waals surface area contributed by atoms with Crippen molar-refractivity contribution in [3.63, 3.8) is 0 Å². The van der Waals surface area contributed by atoms with Crippen molar-refractivity contribution in [2.45, 2.75) is 46.2 Å². The maximum atomic E-state index is 11.3. The molecule has 0 aromatic carbocycles. The largest absolute Gasteiger partial charge is 0.465 e. The van der Waals surface area contributed by atoms with Crippen LogP contribution in [0.4, 0.5) is 0 Å². The lowest BCUT2D eigenvalue weighted by atomic mass is 10.3. The monoisotopic (exact) mass is 230 g/mol. The van der Waals surface area contributed by atoms with Crippen LogP contribution in [-0.2, 0) is 14.3 Å². The Balaban J connectivity index is 3.65. The fourth-order valence-electron chi connectivity index (χ4n) is 1.15.